The summed E-state index contributed by atoms with van der Waals surface area (Å²) in [5.41, 5.74) is 8.51. The summed E-state index contributed by atoms with van der Waals surface area (Å²) in [6.07, 6.45) is -9.75. The molecule has 5 rings (SSSR count). The Morgan fingerprint density at radius 1 is 0.595 bits per heavy atom. The first kappa shape index (κ1) is 24.4. The van der Waals surface area contributed by atoms with Gasteiger partial charge in [-0.3, -0.25) is 0 Å². The Balaban J connectivity index is 1.94. The number of rotatable bonds is 2. The topological polar surface area (TPSA) is 92.5 Å². The van der Waals surface area contributed by atoms with Gasteiger partial charge in [0.1, 0.15) is 11.5 Å². The summed E-state index contributed by atoms with van der Waals surface area (Å²) in [6.45, 7) is 0. The minimum atomic E-state index is -4.95. The molecule has 0 aromatic heterocycles. The summed E-state index contributed by atoms with van der Waals surface area (Å²) in [5.74, 6) is -1.31. The predicted octanol–water partition coefficient (Wildman–Crippen LogP) is 7.21. The fourth-order valence-electron chi connectivity index (χ4n) is 4.85. The molecule has 0 unspecified atom stereocenters. The van der Waals surface area contributed by atoms with Gasteiger partial charge in [-0.1, -0.05) is 36.4 Å². The third-order valence-corrected chi connectivity index (χ3v) is 6.49. The van der Waals surface area contributed by atoms with Gasteiger partial charge in [-0.15, -0.1) is 0 Å². The van der Waals surface area contributed by atoms with Crippen molar-refractivity contribution in [3.05, 3.63) is 82.9 Å². The molecule has 0 bridgehead atoms. The molecule has 4 aromatic carbocycles. The Labute approximate surface area is 206 Å². The molecule has 4 aromatic rings. The first-order valence-electron chi connectivity index (χ1n) is 10.9. The van der Waals surface area contributed by atoms with Crippen molar-refractivity contribution in [2.45, 2.75) is 18.8 Å². The molecule has 0 atom stereocenters. The second-order valence-corrected chi connectivity index (χ2v) is 8.76. The van der Waals surface area contributed by atoms with Crippen molar-refractivity contribution in [2.75, 3.05) is 11.5 Å². The summed E-state index contributed by atoms with van der Waals surface area (Å²) in [5, 5.41) is 20.5. The van der Waals surface area contributed by atoms with Crippen LogP contribution in [-0.4, -0.2) is 10.2 Å². The van der Waals surface area contributed by atoms with Gasteiger partial charge in [-0.2, -0.15) is 26.3 Å². The Morgan fingerprint density at radius 3 is 1.70 bits per heavy atom. The van der Waals surface area contributed by atoms with Gasteiger partial charge < -0.3 is 21.7 Å². The fraction of sp³-hybridized carbons (Fsp3) is 0.111. The van der Waals surface area contributed by atoms with E-state index < -0.39 is 57.5 Å². The second kappa shape index (κ2) is 8.09. The SMILES string of the molecule is Nc1cc(C(F)(F)F)c(-c2ccc3c(c2-c2cc(O)c(N)cc2C(F)(F)F)Cc2ccccc2-3)cc1O. The number of aromatic hydroxyl groups is 2. The van der Waals surface area contributed by atoms with E-state index in [2.05, 4.69) is 0 Å². The Morgan fingerprint density at radius 2 is 1.11 bits per heavy atom. The highest BCUT2D eigenvalue weighted by atomic mass is 19.4. The van der Waals surface area contributed by atoms with Crippen LogP contribution in [0.25, 0.3) is 33.4 Å². The van der Waals surface area contributed by atoms with Crippen molar-refractivity contribution in [3.63, 3.8) is 0 Å². The van der Waals surface area contributed by atoms with Crippen LogP contribution in [0.3, 0.4) is 0 Å². The van der Waals surface area contributed by atoms with Crippen molar-refractivity contribution in [3.8, 4) is 44.9 Å². The maximum Gasteiger partial charge on any atom is 0.417 e. The fourth-order valence-corrected chi connectivity index (χ4v) is 4.85. The quantitative estimate of drug-likeness (QED) is 0.113. The van der Waals surface area contributed by atoms with Gasteiger partial charge in [-0.25, -0.2) is 0 Å². The van der Waals surface area contributed by atoms with Crippen LogP contribution in [0.1, 0.15) is 22.3 Å². The maximum atomic E-state index is 14.2. The molecule has 6 N–H and O–H groups in total. The van der Waals surface area contributed by atoms with Gasteiger partial charge in [0.15, 0.2) is 0 Å². The van der Waals surface area contributed by atoms with Crippen molar-refractivity contribution >= 4 is 11.4 Å². The number of alkyl halides is 6. The number of nitrogens with two attached hydrogens (primary N) is 2. The molecule has 190 valence electrons. The molecule has 0 saturated carbocycles. The molecule has 0 spiro atoms. The highest BCUT2D eigenvalue weighted by Crippen LogP contribution is 2.52. The number of anilines is 2. The highest BCUT2D eigenvalue weighted by molar-refractivity contribution is 5.96. The van der Waals surface area contributed by atoms with Crippen LogP contribution in [0, 0.1) is 0 Å². The van der Waals surface area contributed by atoms with Crippen LogP contribution in [0.4, 0.5) is 37.7 Å². The highest BCUT2D eigenvalue weighted by Gasteiger charge is 2.39. The zero-order chi connectivity index (χ0) is 26.9. The third kappa shape index (κ3) is 3.98. The lowest BCUT2D eigenvalue weighted by Crippen LogP contribution is -2.11. The molecule has 0 saturated heterocycles. The lowest BCUT2D eigenvalue weighted by Gasteiger charge is -2.23. The van der Waals surface area contributed by atoms with Crippen molar-refractivity contribution in [1.29, 1.82) is 0 Å². The van der Waals surface area contributed by atoms with Crippen LogP contribution in [-0.2, 0) is 18.8 Å². The average molecular weight is 516 g/mol. The molecule has 4 nitrogen and oxygen atoms in total. The van der Waals surface area contributed by atoms with E-state index >= 15 is 0 Å². The zero-order valence-corrected chi connectivity index (χ0v) is 18.8. The van der Waals surface area contributed by atoms with E-state index in [0.29, 0.717) is 23.3 Å². The molecule has 0 radical (unpaired) electrons. The van der Waals surface area contributed by atoms with Gasteiger partial charge >= 0.3 is 12.4 Å². The number of phenols is 2. The van der Waals surface area contributed by atoms with Gasteiger partial charge in [0.2, 0.25) is 0 Å². The van der Waals surface area contributed by atoms with Crippen molar-refractivity contribution in [2.24, 2.45) is 0 Å². The van der Waals surface area contributed by atoms with Crippen LogP contribution >= 0.6 is 0 Å². The summed E-state index contributed by atoms with van der Waals surface area (Å²) in [7, 11) is 0. The number of hydrogen-bond acceptors (Lipinski definition) is 4. The molecule has 0 amide bonds. The Hall–Kier alpha value is -4.34. The van der Waals surface area contributed by atoms with Crippen LogP contribution in [0.15, 0.2) is 60.7 Å². The summed E-state index contributed by atoms with van der Waals surface area (Å²) >= 11 is 0. The molecular formula is C27H18F6N2O2. The van der Waals surface area contributed by atoms with E-state index in [1.807, 2.05) is 0 Å². The minimum Gasteiger partial charge on any atom is -0.506 e. The van der Waals surface area contributed by atoms with Gasteiger partial charge in [-0.05, 0) is 75.2 Å². The molecule has 10 heteroatoms. The predicted molar refractivity (Wildman–Crippen MR) is 128 cm³/mol. The third-order valence-electron chi connectivity index (χ3n) is 6.49. The molecule has 1 aliphatic carbocycles. The van der Waals surface area contributed by atoms with Crippen LogP contribution < -0.4 is 11.5 Å². The van der Waals surface area contributed by atoms with E-state index in [1.54, 1.807) is 24.3 Å². The Kier molecular flexibility index (Phi) is 5.32. The molecule has 0 heterocycles. The standard InChI is InChI=1S/C27H18F6N2O2/c28-26(29,30)19-10-21(34)23(36)8-16(19)15-6-5-14-13-4-2-1-3-12(13)7-17(14)25(15)18-9-24(37)22(35)11-20(18)27(31,32)33/h1-6,8-11,36-37H,7,34-35H2. The number of benzene rings is 4. The van der Waals surface area contributed by atoms with Crippen LogP contribution in [0.5, 0.6) is 11.5 Å². The van der Waals surface area contributed by atoms with E-state index in [0.717, 1.165) is 23.3 Å². The summed E-state index contributed by atoms with van der Waals surface area (Å²) in [4.78, 5) is 0. The Bertz CT molecular complexity index is 1580. The van der Waals surface area contributed by atoms with E-state index in [4.69, 9.17) is 11.5 Å². The number of nitrogen functional groups attached to an aromatic ring is 2. The lowest BCUT2D eigenvalue weighted by atomic mass is 9.84. The van der Waals surface area contributed by atoms with E-state index in [9.17, 15) is 36.6 Å². The largest absolute Gasteiger partial charge is 0.506 e. The van der Waals surface area contributed by atoms with E-state index in [1.165, 1.54) is 12.1 Å². The monoisotopic (exact) mass is 516 g/mol. The molecule has 1 aliphatic rings. The molecule has 37 heavy (non-hydrogen) atoms. The lowest BCUT2D eigenvalue weighted by molar-refractivity contribution is -0.138. The van der Waals surface area contributed by atoms with Gasteiger partial charge in [0, 0.05) is 0 Å². The first-order valence-corrected chi connectivity index (χ1v) is 10.9. The number of fused-ring (bicyclic) bond motifs is 3. The summed E-state index contributed by atoms with van der Waals surface area (Å²) in [6, 6.07) is 12.6. The molecule has 0 aliphatic heterocycles. The maximum absolute atomic E-state index is 14.2. The zero-order valence-electron chi connectivity index (χ0n) is 18.8. The average Bonchev–Trinajstić information content (AvgIpc) is 3.19. The second-order valence-electron chi connectivity index (χ2n) is 8.76. The smallest absolute Gasteiger partial charge is 0.417 e. The van der Waals surface area contributed by atoms with Crippen molar-refractivity contribution < 1.29 is 36.6 Å². The van der Waals surface area contributed by atoms with Gasteiger partial charge in [0.25, 0.3) is 0 Å². The van der Waals surface area contributed by atoms with E-state index in [-0.39, 0.29) is 17.5 Å². The molecular weight excluding hydrogens is 498 g/mol. The van der Waals surface area contributed by atoms with Gasteiger partial charge in [0.05, 0.1) is 22.5 Å². The molecule has 0 fully saturated rings. The number of halogens is 6. The minimum absolute atomic E-state index is 0.138. The van der Waals surface area contributed by atoms with Crippen molar-refractivity contribution in [1.82, 2.24) is 0 Å². The number of hydrogen-bond donors (Lipinski definition) is 4. The normalized spacial score (nSPS) is 12.9. The van der Waals surface area contributed by atoms with Crippen LogP contribution in [0.2, 0.25) is 0 Å². The first-order chi connectivity index (χ1) is 17.3. The summed E-state index contributed by atoms with van der Waals surface area (Å²) < 4.78 is 84.9. The number of phenolic OH excluding ortho intramolecular Hbond substituents is 2.